The third-order valence-electron chi connectivity index (χ3n) is 6.20. The summed E-state index contributed by atoms with van der Waals surface area (Å²) >= 11 is 0. The molecule has 5 N–H and O–H groups in total. The Morgan fingerprint density at radius 1 is 1.08 bits per heavy atom. The van der Waals surface area contributed by atoms with Crippen LogP contribution in [0.1, 0.15) is 53.9 Å². The Labute approximate surface area is 227 Å². The van der Waals surface area contributed by atoms with E-state index in [1.54, 1.807) is 25.1 Å². The van der Waals surface area contributed by atoms with E-state index in [2.05, 4.69) is 15.8 Å². The SMILES string of the molecule is Cc1ccc(CC(C)(C)NC[C@@H](O)CO[C@H](C)c2ccccc2Oc2ccc(C(=O)O)cc2NOO)cc1F. The highest BCUT2D eigenvalue weighted by Crippen LogP contribution is 2.35. The zero-order valence-corrected chi connectivity index (χ0v) is 22.4. The van der Waals surface area contributed by atoms with Crippen molar-refractivity contribution in [1.82, 2.24) is 5.32 Å². The normalized spacial score (nSPS) is 13.1. The molecule has 0 saturated heterocycles. The highest BCUT2D eigenvalue weighted by Gasteiger charge is 2.21. The van der Waals surface area contributed by atoms with E-state index >= 15 is 0 Å². The summed E-state index contributed by atoms with van der Waals surface area (Å²) in [6.45, 7) is 7.85. The average molecular weight is 543 g/mol. The lowest BCUT2D eigenvalue weighted by Crippen LogP contribution is -2.46. The Morgan fingerprint density at radius 2 is 1.82 bits per heavy atom. The van der Waals surface area contributed by atoms with Crippen molar-refractivity contribution in [2.75, 3.05) is 18.6 Å². The molecule has 3 aromatic rings. The van der Waals surface area contributed by atoms with Crippen molar-refractivity contribution in [3.8, 4) is 11.5 Å². The molecule has 10 heteroatoms. The molecule has 0 aromatic heterocycles. The minimum Gasteiger partial charge on any atom is -0.478 e. The number of aliphatic hydroxyl groups is 1. The van der Waals surface area contributed by atoms with Gasteiger partial charge in [-0.1, -0.05) is 30.3 Å². The number of aliphatic hydroxyl groups excluding tert-OH is 1. The first-order valence-corrected chi connectivity index (χ1v) is 12.5. The van der Waals surface area contributed by atoms with Crippen molar-refractivity contribution in [3.05, 3.63) is 88.7 Å². The molecule has 0 unspecified atom stereocenters. The minimum atomic E-state index is -1.15. The number of aryl methyl sites for hydroxylation is 1. The van der Waals surface area contributed by atoms with Gasteiger partial charge in [0.1, 0.15) is 17.3 Å². The Hall–Kier alpha value is -3.54. The number of carboxylic acid groups (broad SMARTS) is 1. The molecular formula is C29H35FN2O7. The second-order valence-electron chi connectivity index (χ2n) is 10.0. The van der Waals surface area contributed by atoms with Gasteiger partial charge in [-0.05, 0) is 75.6 Å². The van der Waals surface area contributed by atoms with Gasteiger partial charge >= 0.3 is 5.97 Å². The number of carbonyl (C=O) groups is 1. The molecule has 0 bridgehead atoms. The van der Waals surface area contributed by atoms with Gasteiger partial charge in [-0.2, -0.15) is 0 Å². The summed E-state index contributed by atoms with van der Waals surface area (Å²) in [6.07, 6.45) is -0.663. The predicted octanol–water partition coefficient (Wildman–Crippen LogP) is 5.49. The fourth-order valence-electron chi connectivity index (χ4n) is 4.03. The number of halogens is 1. The molecule has 0 aliphatic heterocycles. The summed E-state index contributed by atoms with van der Waals surface area (Å²) in [4.78, 5) is 15.3. The van der Waals surface area contributed by atoms with Gasteiger partial charge in [0.25, 0.3) is 0 Å². The van der Waals surface area contributed by atoms with Crippen LogP contribution in [0.25, 0.3) is 0 Å². The fraction of sp³-hybridized carbons (Fsp3) is 0.345. The topological polar surface area (TPSA) is 130 Å². The lowest BCUT2D eigenvalue weighted by molar-refractivity contribution is -0.215. The summed E-state index contributed by atoms with van der Waals surface area (Å²) in [5.41, 5.74) is 4.07. The molecule has 0 amide bonds. The zero-order valence-electron chi connectivity index (χ0n) is 22.4. The van der Waals surface area contributed by atoms with Crippen LogP contribution in [0.4, 0.5) is 10.1 Å². The van der Waals surface area contributed by atoms with Crippen LogP contribution in [-0.2, 0) is 16.1 Å². The van der Waals surface area contributed by atoms with Gasteiger partial charge in [0.15, 0.2) is 5.75 Å². The molecule has 3 rings (SSSR count). The molecule has 0 saturated carbocycles. The number of benzene rings is 3. The quantitative estimate of drug-likeness (QED) is 0.133. The Morgan fingerprint density at radius 3 is 2.51 bits per heavy atom. The van der Waals surface area contributed by atoms with Gasteiger partial charge < -0.3 is 25.0 Å². The van der Waals surface area contributed by atoms with E-state index in [0.29, 0.717) is 23.3 Å². The first-order chi connectivity index (χ1) is 18.5. The zero-order chi connectivity index (χ0) is 28.6. The third kappa shape index (κ3) is 8.74. The molecule has 2 atom stereocenters. The van der Waals surface area contributed by atoms with E-state index in [4.69, 9.17) is 14.7 Å². The highest BCUT2D eigenvalue weighted by atomic mass is 19.1. The first-order valence-electron chi connectivity index (χ1n) is 12.5. The molecule has 0 fully saturated rings. The Bertz CT molecular complexity index is 1270. The van der Waals surface area contributed by atoms with Crippen molar-refractivity contribution in [2.24, 2.45) is 0 Å². The molecule has 39 heavy (non-hydrogen) atoms. The molecule has 0 radical (unpaired) electrons. The standard InChI is InChI=1S/C29H35FN2O7/c1-18-9-10-20(13-24(18)30)15-29(3,4)31-16-22(33)17-37-19(2)23-7-5-6-8-26(23)38-27-12-11-21(28(34)35)14-25(27)32-39-36/h5-14,19,22,31-33,36H,15-17H2,1-4H3,(H,34,35)/t19-,22-/m1/s1. The summed E-state index contributed by atoms with van der Waals surface area (Å²) in [7, 11) is 0. The number of rotatable bonds is 14. The maximum absolute atomic E-state index is 13.9. The monoisotopic (exact) mass is 542 g/mol. The largest absolute Gasteiger partial charge is 0.478 e. The smallest absolute Gasteiger partial charge is 0.335 e. The second-order valence-corrected chi connectivity index (χ2v) is 10.0. The summed E-state index contributed by atoms with van der Waals surface area (Å²) in [5, 5.41) is 31.9. The fourth-order valence-corrected chi connectivity index (χ4v) is 4.03. The number of hydrogen-bond donors (Lipinski definition) is 5. The van der Waals surface area contributed by atoms with Crippen LogP contribution in [0, 0.1) is 12.7 Å². The number of anilines is 1. The van der Waals surface area contributed by atoms with E-state index in [1.807, 2.05) is 39.0 Å². The summed E-state index contributed by atoms with van der Waals surface area (Å²) in [6, 6.07) is 16.4. The number of ether oxygens (including phenoxy) is 2. The molecule has 9 nitrogen and oxygen atoms in total. The van der Waals surface area contributed by atoms with Crippen LogP contribution in [0.5, 0.6) is 11.5 Å². The van der Waals surface area contributed by atoms with Gasteiger partial charge in [0.05, 0.1) is 24.4 Å². The number of para-hydroxylation sites is 1. The summed E-state index contributed by atoms with van der Waals surface area (Å²) in [5.74, 6) is -0.728. The number of β-amino-alcohol motifs (C(OH)–C–C–N with tert-alkyl or cyclic N) is 1. The first kappa shape index (κ1) is 30.0. The molecule has 0 heterocycles. The highest BCUT2D eigenvalue weighted by molar-refractivity contribution is 5.89. The van der Waals surface area contributed by atoms with Gasteiger partial charge in [0.2, 0.25) is 0 Å². The van der Waals surface area contributed by atoms with E-state index in [9.17, 15) is 19.4 Å². The second kappa shape index (κ2) is 13.5. The Balaban J connectivity index is 1.59. The van der Waals surface area contributed by atoms with E-state index < -0.39 is 18.2 Å². The lowest BCUT2D eigenvalue weighted by Gasteiger charge is -2.28. The van der Waals surface area contributed by atoms with Crippen LogP contribution in [0.3, 0.4) is 0 Å². The lowest BCUT2D eigenvalue weighted by atomic mass is 9.94. The van der Waals surface area contributed by atoms with Gasteiger partial charge in [0, 0.05) is 17.6 Å². The van der Waals surface area contributed by atoms with E-state index in [0.717, 1.165) is 5.56 Å². The Kier molecular flexibility index (Phi) is 10.4. The maximum atomic E-state index is 13.9. The number of nitrogens with one attached hydrogen (secondary N) is 2. The maximum Gasteiger partial charge on any atom is 0.335 e. The van der Waals surface area contributed by atoms with Crippen molar-refractivity contribution in [2.45, 2.75) is 51.9 Å². The van der Waals surface area contributed by atoms with E-state index in [1.165, 1.54) is 24.3 Å². The average Bonchev–Trinajstić information content (AvgIpc) is 2.89. The molecule has 210 valence electrons. The molecular weight excluding hydrogens is 507 g/mol. The minimum absolute atomic E-state index is 0.0244. The van der Waals surface area contributed by atoms with Crippen LogP contribution in [0.2, 0.25) is 0 Å². The van der Waals surface area contributed by atoms with Gasteiger partial charge in [-0.15, -0.1) is 4.99 Å². The van der Waals surface area contributed by atoms with Crippen molar-refractivity contribution >= 4 is 11.7 Å². The van der Waals surface area contributed by atoms with Gasteiger partial charge in [-0.25, -0.2) is 19.9 Å². The van der Waals surface area contributed by atoms with Crippen LogP contribution >= 0.6 is 0 Å². The molecule has 0 spiro atoms. The van der Waals surface area contributed by atoms with Gasteiger partial charge in [-0.3, -0.25) is 0 Å². The number of hydrogen-bond acceptors (Lipinski definition) is 8. The summed E-state index contributed by atoms with van der Waals surface area (Å²) < 4.78 is 25.8. The van der Waals surface area contributed by atoms with Crippen LogP contribution < -0.4 is 15.5 Å². The van der Waals surface area contributed by atoms with Crippen molar-refractivity contribution in [3.63, 3.8) is 0 Å². The van der Waals surface area contributed by atoms with Crippen LogP contribution in [-0.4, -0.2) is 46.2 Å². The molecule has 3 aromatic carbocycles. The van der Waals surface area contributed by atoms with Crippen molar-refractivity contribution < 1.29 is 39.1 Å². The third-order valence-corrected chi connectivity index (χ3v) is 6.20. The molecule has 0 aliphatic carbocycles. The van der Waals surface area contributed by atoms with Crippen LogP contribution in [0.15, 0.2) is 60.7 Å². The van der Waals surface area contributed by atoms with E-state index in [-0.39, 0.29) is 41.5 Å². The molecule has 0 aliphatic rings. The predicted molar refractivity (Wildman–Crippen MR) is 145 cm³/mol. The number of carboxylic acids is 1. The number of aromatic carboxylic acids is 1. The van der Waals surface area contributed by atoms with Crippen molar-refractivity contribution in [1.29, 1.82) is 0 Å².